The molecule has 1 aromatic heterocycles. The van der Waals surface area contributed by atoms with Gasteiger partial charge in [-0.15, -0.1) is 0 Å². The molecule has 0 spiro atoms. The van der Waals surface area contributed by atoms with E-state index in [0.29, 0.717) is 0 Å². The molecular formula is C15H25N3O3. The summed E-state index contributed by atoms with van der Waals surface area (Å²) in [6.07, 6.45) is 0.822. The Labute approximate surface area is 125 Å². The van der Waals surface area contributed by atoms with E-state index in [4.69, 9.17) is 0 Å². The zero-order valence-corrected chi connectivity index (χ0v) is 13.7. The number of carbonyl (C=O) groups is 2. The van der Waals surface area contributed by atoms with Gasteiger partial charge in [-0.05, 0) is 32.8 Å². The molecule has 1 aromatic rings. The highest BCUT2D eigenvalue weighted by Gasteiger charge is 2.20. The fourth-order valence-corrected chi connectivity index (χ4v) is 2.28. The summed E-state index contributed by atoms with van der Waals surface area (Å²) >= 11 is 0. The Morgan fingerprint density at radius 1 is 1.33 bits per heavy atom. The van der Waals surface area contributed by atoms with Gasteiger partial charge in [0.15, 0.2) is 0 Å². The summed E-state index contributed by atoms with van der Waals surface area (Å²) in [5.74, 6) is -0.896. The zero-order valence-electron chi connectivity index (χ0n) is 13.7. The van der Waals surface area contributed by atoms with Crippen LogP contribution in [0.2, 0.25) is 0 Å². The minimum Gasteiger partial charge on any atom is -0.469 e. The lowest BCUT2D eigenvalue weighted by atomic mass is 10.0. The molecule has 0 aliphatic carbocycles. The number of hydrogen-bond donors (Lipinski definition) is 1. The van der Waals surface area contributed by atoms with E-state index in [2.05, 4.69) is 15.2 Å². The lowest BCUT2D eigenvalue weighted by Crippen LogP contribution is -2.38. The van der Waals surface area contributed by atoms with Crippen molar-refractivity contribution in [3.8, 4) is 0 Å². The molecule has 1 rings (SSSR count). The number of hydrogen-bond acceptors (Lipinski definition) is 4. The van der Waals surface area contributed by atoms with E-state index in [1.807, 2.05) is 32.5 Å². The van der Waals surface area contributed by atoms with Crippen LogP contribution in [-0.4, -0.2) is 34.8 Å². The number of esters is 1. The Bertz CT molecular complexity index is 522. The van der Waals surface area contributed by atoms with Crippen molar-refractivity contribution in [2.45, 2.75) is 46.6 Å². The van der Waals surface area contributed by atoms with Crippen molar-refractivity contribution >= 4 is 11.9 Å². The van der Waals surface area contributed by atoms with Crippen molar-refractivity contribution < 1.29 is 14.3 Å². The van der Waals surface area contributed by atoms with Crippen molar-refractivity contribution in [3.63, 3.8) is 0 Å². The molecule has 0 saturated heterocycles. The van der Waals surface area contributed by atoms with Crippen molar-refractivity contribution in [2.75, 3.05) is 7.11 Å². The van der Waals surface area contributed by atoms with Crippen LogP contribution in [0.4, 0.5) is 0 Å². The van der Waals surface area contributed by atoms with E-state index in [1.54, 1.807) is 6.92 Å². The van der Waals surface area contributed by atoms with Gasteiger partial charge in [0.25, 0.3) is 0 Å². The van der Waals surface area contributed by atoms with Crippen LogP contribution in [0.25, 0.3) is 0 Å². The van der Waals surface area contributed by atoms with Crippen LogP contribution in [0.15, 0.2) is 0 Å². The van der Waals surface area contributed by atoms with Gasteiger partial charge in [0.05, 0.1) is 19.2 Å². The number of nitrogens with zero attached hydrogens (tertiary/aromatic N) is 2. The second-order valence-electron chi connectivity index (χ2n) is 5.57. The fraction of sp³-hybridized carbons (Fsp3) is 0.667. The average Bonchev–Trinajstić information content (AvgIpc) is 2.65. The van der Waals surface area contributed by atoms with Gasteiger partial charge >= 0.3 is 5.97 Å². The van der Waals surface area contributed by atoms with Crippen LogP contribution in [0.5, 0.6) is 0 Å². The summed E-state index contributed by atoms with van der Waals surface area (Å²) in [7, 11) is 3.23. The van der Waals surface area contributed by atoms with Gasteiger partial charge in [-0.2, -0.15) is 5.10 Å². The number of amides is 1. The molecular weight excluding hydrogens is 270 g/mol. The molecule has 1 N–H and O–H groups in total. The van der Waals surface area contributed by atoms with Crippen molar-refractivity contribution in [1.29, 1.82) is 0 Å². The first-order valence-corrected chi connectivity index (χ1v) is 7.12. The number of ether oxygens (including phenoxy) is 1. The molecule has 0 aliphatic rings. The van der Waals surface area contributed by atoms with E-state index in [0.717, 1.165) is 23.4 Å². The first kappa shape index (κ1) is 17.2. The molecule has 0 radical (unpaired) electrons. The van der Waals surface area contributed by atoms with Crippen molar-refractivity contribution in [2.24, 2.45) is 13.0 Å². The minimum absolute atomic E-state index is 0.0146. The SMILES string of the molecule is COC(=O)C[C@H](C)C(=O)N[C@@H](C)Cc1c(C)nn(C)c1C. The summed E-state index contributed by atoms with van der Waals surface area (Å²) < 4.78 is 6.42. The smallest absolute Gasteiger partial charge is 0.306 e. The molecule has 0 saturated carbocycles. The summed E-state index contributed by atoms with van der Waals surface area (Å²) in [4.78, 5) is 23.2. The summed E-state index contributed by atoms with van der Waals surface area (Å²) in [6.45, 7) is 7.66. The van der Waals surface area contributed by atoms with E-state index in [9.17, 15) is 9.59 Å². The van der Waals surface area contributed by atoms with Gasteiger partial charge in [-0.3, -0.25) is 14.3 Å². The number of nitrogens with one attached hydrogen (secondary N) is 1. The molecule has 0 aromatic carbocycles. The van der Waals surface area contributed by atoms with Crippen LogP contribution >= 0.6 is 0 Å². The van der Waals surface area contributed by atoms with Crippen LogP contribution in [0.3, 0.4) is 0 Å². The van der Waals surface area contributed by atoms with Gasteiger partial charge in [0.1, 0.15) is 0 Å². The Balaban J connectivity index is 2.59. The Kier molecular flexibility index (Phi) is 5.93. The van der Waals surface area contributed by atoms with Crippen LogP contribution in [0, 0.1) is 19.8 Å². The molecule has 0 fully saturated rings. The van der Waals surface area contributed by atoms with Crippen LogP contribution in [-0.2, 0) is 27.8 Å². The quantitative estimate of drug-likeness (QED) is 0.802. The normalized spacial score (nSPS) is 13.6. The summed E-state index contributed by atoms with van der Waals surface area (Å²) in [5, 5.41) is 7.31. The molecule has 0 bridgehead atoms. The number of carbonyl (C=O) groups excluding carboxylic acids is 2. The van der Waals surface area contributed by atoms with Gasteiger partial charge < -0.3 is 10.1 Å². The molecule has 2 atom stereocenters. The molecule has 6 nitrogen and oxygen atoms in total. The molecule has 0 unspecified atom stereocenters. The van der Waals surface area contributed by atoms with Gasteiger partial charge in [0, 0.05) is 24.7 Å². The standard InChI is InChI=1S/C15H25N3O3/c1-9(7-14(19)21-6)15(20)16-10(2)8-13-11(3)17-18(5)12(13)4/h9-10H,7-8H2,1-6H3,(H,16,20)/t9-,10-/m0/s1. The van der Waals surface area contributed by atoms with Gasteiger partial charge in [-0.1, -0.05) is 6.92 Å². The van der Waals surface area contributed by atoms with E-state index < -0.39 is 5.92 Å². The predicted octanol–water partition coefficient (Wildman–Crippen LogP) is 1.28. The van der Waals surface area contributed by atoms with Crippen molar-refractivity contribution in [1.82, 2.24) is 15.1 Å². The number of rotatable bonds is 6. The first-order valence-electron chi connectivity index (χ1n) is 7.12. The molecule has 1 amide bonds. The summed E-state index contributed by atoms with van der Waals surface area (Å²) in [6, 6.07) is -0.0146. The van der Waals surface area contributed by atoms with Gasteiger partial charge in [0.2, 0.25) is 5.91 Å². The summed E-state index contributed by atoms with van der Waals surface area (Å²) in [5.41, 5.74) is 3.25. The third-order valence-corrected chi connectivity index (χ3v) is 3.71. The third-order valence-electron chi connectivity index (χ3n) is 3.71. The second kappa shape index (κ2) is 7.24. The Morgan fingerprint density at radius 2 is 1.95 bits per heavy atom. The minimum atomic E-state index is -0.393. The Hall–Kier alpha value is -1.85. The fourth-order valence-electron chi connectivity index (χ4n) is 2.28. The highest BCUT2D eigenvalue weighted by molar-refractivity contribution is 5.83. The predicted molar refractivity (Wildman–Crippen MR) is 79.8 cm³/mol. The molecule has 0 aliphatic heterocycles. The highest BCUT2D eigenvalue weighted by atomic mass is 16.5. The highest BCUT2D eigenvalue weighted by Crippen LogP contribution is 2.14. The lowest BCUT2D eigenvalue weighted by molar-refractivity contribution is -0.144. The largest absolute Gasteiger partial charge is 0.469 e. The number of methoxy groups -OCH3 is 1. The molecule has 118 valence electrons. The molecule has 1 heterocycles. The molecule has 21 heavy (non-hydrogen) atoms. The Morgan fingerprint density at radius 3 is 2.43 bits per heavy atom. The van der Waals surface area contributed by atoms with Crippen molar-refractivity contribution in [3.05, 3.63) is 17.0 Å². The van der Waals surface area contributed by atoms with Crippen LogP contribution < -0.4 is 5.32 Å². The maximum atomic E-state index is 12.0. The first-order chi connectivity index (χ1) is 9.76. The second-order valence-corrected chi connectivity index (χ2v) is 5.57. The molecule has 6 heteroatoms. The maximum Gasteiger partial charge on any atom is 0.306 e. The third kappa shape index (κ3) is 4.58. The average molecular weight is 295 g/mol. The van der Waals surface area contributed by atoms with E-state index >= 15 is 0 Å². The monoisotopic (exact) mass is 295 g/mol. The van der Waals surface area contributed by atoms with Crippen LogP contribution in [0.1, 0.15) is 37.2 Å². The van der Waals surface area contributed by atoms with E-state index in [1.165, 1.54) is 7.11 Å². The topological polar surface area (TPSA) is 73.2 Å². The lowest BCUT2D eigenvalue weighted by Gasteiger charge is -2.17. The maximum absolute atomic E-state index is 12.0. The van der Waals surface area contributed by atoms with Gasteiger partial charge in [-0.25, -0.2) is 0 Å². The zero-order chi connectivity index (χ0) is 16.2. The number of aryl methyl sites for hydroxylation is 2. The number of aromatic nitrogens is 2. The van der Waals surface area contributed by atoms with E-state index in [-0.39, 0.29) is 24.3 Å².